The molecule has 0 saturated carbocycles. The third-order valence-corrected chi connectivity index (χ3v) is 0.928. The van der Waals surface area contributed by atoms with Crippen molar-refractivity contribution in [2.75, 3.05) is 6.61 Å². The normalized spacial score (nSPS) is 14.9. The minimum Gasteiger partial charge on any atom is -0.396 e. The molecular formula is C5H10ClNO. The van der Waals surface area contributed by atoms with Crippen molar-refractivity contribution < 1.29 is 5.11 Å². The van der Waals surface area contributed by atoms with Crippen LogP contribution in [0.1, 0.15) is 6.42 Å². The Labute approximate surface area is 53.9 Å². The van der Waals surface area contributed by atoms with Crippen LogP contribution in [0.25, 0.3) is 0 Å². The first-order valence-electron chi connectivity index (χ1n) is 2.44. The second-order valence-corrected chi connectivity index (χ2v) is 1.75. The van der Waals surface area contributed by atoms with Crippen molar-refractivity contribution in [2.45, 2.75) is 12.5 Å². The summed E-state index contributed by atoms with van der Waals surface area (Å²) < 4.78 is 0. The Hall–Kier alpha value is -0.0500. The third kappa shape index (κ3) is 4.12. The summed E-state index contributed by atoms with van der Waals surface area (Å²) in [5.41, 5.74) is 6.72. The van der Waals surface area contributed by atoms with E-state index in [0.717, 1.165) is 0 Å². The van der Waals surface area contributed by atoms with Crippen molar-refractivity contribution in [3.63, 3.8) is 0 Å². The van der Waals surface area contributed by atoms with Crippen LogP contribution in [0.15, 0.2) is 11.6 Å². The van der Waals surface area contributed by atoms with Crippen molar-refractivity contribution in [3.05, 3.63) is 11.6 Å². The summed E-state index contributed by atoms with van der Waals surface area (Å²) in [7, 11) is 0. The molecule has 2 nitrogen and oxygen atoms in total. The van der Waals surface area contributed by atoms with E-state index in [0.29, 0.717) is 6.42 Å². The molecule has 0 radical (unpaired) electrons. The van der Waals surface area contributed by atoms with Crippen molar-refractivity contribution in [1.82, 2.24) is 0 Å². The standard InChI is InChI=1S/C5H10ClNO/c6-3-1-5(7)2-4-8/h1,3,5,8H,2,4,7H2. The molecular weight excluding hydrogens is 126 g/mol. The highest BCUT2D eigenvalue weighted by Gasteiger charge is 1.91. The minimum atomic E-state index is -0.0995. The van der Waals surface area contributed by atoms with Crippen LogP contribution in [-0.2, 0) is 0 Å². The molecule has 0 aliphatic heterocycles. The van der Waals surface area contributed by atoms with Gasteiger partial charge >= 0.3 is 0 Å². The Bertz CT molecular complexity index is 74.8. The molecule has 0 aromatic heterocycles. The highest BCUT2D eigenvalue weighted by atomic mass is 35.5. The van der Waals surface area contributed by atoms with Crippen molar-refractivity contribution >= 4 is 11.6 Å². The minimum absolute atomic E-state index is 0.0995. The SMILES string of the molecule is NC(C=CCl)CCO. The van der Waals surface area contributed by atoms with Crippen LogP contribution in [0.2, 0.25) is 0 Å². The molecule has 0 bridgehead atoms. The smallest absolute Gasteiger partial charge is 0.0448 e. The van der Waals surface area contributed by atoms with Gasteiger partial charge in [-0.2, -0.15) is 0 Å². The fourth-order valence-corrected chi connectivity index (χ4v) is 0.526. The molecule has 3 N–H and O–H groups in total. The average molecular weight is 136 g/mol. The maximum absolute atomic E-state index is 8.31. The maximum atomic E-state index is 8.31. The van der Waals surface area contributed by atoms with Crippen LogP contribution in [0.5, 0.6) is 0 Å². The lowest BCUT2D eigenvalue weighted by molar-refractivity contribution is 0.283. The van der Waals surface area contributed by atoms with Gasteiger partial charge < -0.3 is 10.8 Å². The summed E-state index contributed by atoms with van der Waals surface area (Å²) in [5, 5.41) is 8.31. The van der Waals surface area contributed by atoms with Gasteiger partial charge in [-0.3, -0.25) is 0 Å². The van der Waals surface area contributed by atoms with Crippen LogP contribution in [-0.4, -0.2) is 17.8 Å². The molecule has 0 fully saturated rings. The summed E-state index contributed by atoms with van der Waals surface area (Å²) in [6.45, 7) is 0.113. The lowest BCUT2D eigenvalue weighted by Crippen LogP contribution is -2.17. The number of rotatable bonds is 3. The van der Waals surface area contributed by atoms with E-state index in [4.69, 9.17) is 22.4 Å². The Morgan fingerprint density at radius 2 is 2.38 bits per heavy atom. The Morgan fingerprint density at radius 3 is 2.75 bits per heavy atom. The molecule has 8 heavy (non-hydrogen) atoms. The second kappa shape index (κ2) is 5.09. The van der Waals surface area contributed by atoms with Gasteiger partial charge in [0.2, 0.25) is 0 Å². The lowest BCUT2D eigenvalue weighted by atomic mass is 10.2. The van der Waals surface area contributed by atoms with Gasteiger partial charge in [0, 0.05) is 18.2 Å². The quantitative estimate of drug-likeness (QED) is 0.590. The van der Waals surface area contributed by atoms with Crippen LogP contribution < -0.4 is 5.73 Å². The van der Waals surface area contributed by atoms with Gasteiger partial charge in [0.05, 0.1) is 0 Å². The molecule has 0 heterocycles. The van der Waals surface area contributed by atoms with E-state index in [1.165, 1.54) is 5.54 Å². The molecule has 0 spiro atoms. The van der Waals surface area contributed by atoms with Gasteiger partial charge in [-0.1, -0.05) is 17.7 Å². The predicted octanol–water partition coefficient (Wildman–Crippen LogP) is 0.449. The molecule has 0 saturated heterocycles. The lowest BCUT2D eigenvalue weighted by Gasteiger charge is -1.99. The average Bonchev–Trinajstić information content (AvgIpc) is 1.68. The summed E-state index contributed by atoms with van der Waals surface area (Å²) in [6, 6.07) is -0.0995. The first-order valence-corrected chi connectivity index (χ1v) is 2.88. The number of aliphatic hydroxyl groups is 1. The molecule has 48 valence electrons. The fourth-order valence-electron chi connectivity index (χ4n) is 0.339. The number of hydrogen-bond donors (Lipinski definition) is 2. The number of aliphatic hydroxyl groups excluding tert-OH is 1. The molecule has 0 aromatic carbocycles. The Balaban J connectivity index is 3.17. The molecule has 1 atom stereocenters. The zero-order valence-corrected chi connectivity index (χ0v) is 5.30. The summed E-state index contributed by atoms with van der Waals surface area (Å²) in [4.78, 5) is 0. The first-order chi connectivity index (χ1) is 3.81. The molecule has 0 aliphatic rings. The number of nitrogens with two attached hydrogens (primary N) is 1. The van der Waals surface area contributed by atoms with E-state index in [1.54, 1.807) is 6.08 Å². The van der Waals surface area contributed by atoms with Gasteiger partial charge in [0.15, 0.2) is 0 Å². The van der Waals surface area contributed by atoms with Crippen LogP contribution in [0, 0.1) is 0 Å². The van der Waals surface area contributed by atoms with E-state index in [2.05, 4.69) is 0 Å². The molecule has 1 unspecified atom stereocenters. The van der Waals surface area contributed by atoms with E-state index < -0.39 is 0 Å². The maximum Gasteiger partial charge on any atom is 0.0448 e. The second-order valence-electron chi connectivity index (χ2n) is 1.49. The predicted molar refractivity (Wildman–Crippen MR) is 34.7 cm³/mol. The molecule has 3 heteroatoms. The zero-order chi connectivity index (χ0) is 6.41. The zero-order valence-electron chi connectivity index (χ0n) is 4.55. The Morgan fingerprint density at radius 1 is 1.75 bits per heavy atom. The van der Waals surface area contributed by atoms with Crippen molar-refractivity contribution in [3.8, 4) is 0 Å². The fraction of sp³-hybridized carbons (Fsp3) is 0.600. The largest absolute Gasteiger partial charge is 0.396 e. The van der Waals surface area contributed by atoms with E-state index in [1.807, 2.05) is 0 Å². The highest BCUT2D eigenvalue weighted by molar-refractivity contribution is 6.25. The molecule has 0 aliphatic carbocycles. The van der Waals surface area contributed by atoms with E-state index in [-0.39, 0.29) is 12.6 Å². The third-order valence-electron chi connectivity index (χ3n) is 0.782. The van der Waals surface area contributed by atoms with Crippen molar-refractivity contribution in [1.29, 1.82) is 0 Å². The molecule has 0 rings (SSSR count). The van der Waals surface area contributed by atoms with Crippen LogP contribution in [0.3, 0.4) is 0 Å². The number of hydrogen-bond acceptors (Lipinski definition) is 2. The monoisotopic (exact) mass is 135 g/mol. The Kier molecular flexibility index (Phi) is 5.06. The number of halogens is 1. The highest BCUT2D eigenvalue weighted by Crippen LogP contribution is 1.89. The van der Waals surface area contributed by atoms with Gasteiger partial charge in [0.1, 0.15) is 0 Å². The van der Waals surface area contributed by atoms with Gasteiger partial charge in [-0.15, -0.1) is 0 Å². The van der Waals surface area contributed by atoms with Crippen LogP contribution >= 0.6 is 11.6 Å². The summed E-state index contributed by atoms with van der Waals surface area (Å²) >= 11 is 5.19. The summed E-state index contributed by atoms with van der Waals surface area (Å²) in [5.74, 6) is 0. The first kappa shape index (κ1) is 7.95. The molecule has 0 amide bonds. The van der Waals surface area contributed by atoms with Gasteiger partial charge in [0.25, 0.3) is 0 Å². The van der Waals surface area contributed by atoms with E-state index >= 15 is 0 Å². The van der Waals surface area contributed by atoms with Crippen molar-refractivity contribution in [2.24, 2.45) is 5.73 Å². The van der Waals surface area contributed by atoms with Crippen LogP contribution in [0.4, 0.5) is 0 Å². The topological polar surface area (TPSA) is 46.2 Å². The van der Waals surface area contributed by atoms with Gasteiger partial charge in [-0.05, 0) is 6.42 Å². The van der Waals surface area contributed by atoms with E-state index in [9.17, 15) is 0 Å². The summed E-state index contributed by atoms with van der Waals surface area (Å²) in [6.07, 6.45) is 2.21. The molecule has 0 aromatic rings. The van der Waals surface area contributed by atoms with Gasteiger partial charge in [-0.25, -0.2) is 0 Å².